The Morgan fingerprint density at radius 3 is 2.69 bits per heavy atom. The highest BCUT2D eigenvalue weighted by atomic mass is 32.2. The van der Waals surface area contributed by atoms with Crippen molar-refractivity contribution >= 4 is 16.0 Å². The summed E-state index contributed by atoms with van der Waals surface area (Å²) >= 11 is 0. The first-order chi connectivity index (χ1) is 7.34. The van der Waals surface area contributed by atoms with Crippen LogP contribution in [0.4, 0.5) is 0 Å². The molecule has 0 aliphatic rings. The summed E-state index contributed by atoms with van der Waals surface area (Å²) in [5.74, 6) is -0.446. The summed E-state index contributed by atoms with van der Waals surface area (Å²) in [6.07, 6.45) is 1.68. The van der Waals surface area contributed by atoms with Crippen LogP contribution in [0.3, 0.4) is 0 Å². The van der Waals surface area contributed by atoms with E-state index in [0.717, 1.165) is 0 Å². The van der Waals surface area contributed by atoms with E-state index < -0.39 is 16.0 Å². The van der Waals surface area contributed by atoms with Gasteiger partial charge in [0.25, 0.3) is 10.0 Å². The minimum atomic E-state index is -3.83. The van der Waals surface area contributed by atoms with Crippen LogP contribution in [-0.2, 0) is 27.8 Å². The molecule has 1 aromatic rings. The number of carboxylic acids is 1. The molecule has 0 aliphatic heterocycles. The molecule has 0 bridgehead atoms. The van der Waals surface area contributed by atoms with Crippen LogP contribution in [0, 0.1) is 0 Å². The number of nitrogens with two attached hydrogens (primary N) is 1. The number of sulfonamides is 1. The van der Waals surface area contributed by atoms with Crippen molar-refractivity contribution in [3.63, 3.8) is 0 Å². The number of primary sulfonamides is 1. The Morgan fingerprint density at radius 2 is 2.25 bits per heavy atom. The molecule has 0 aromatic carbocycles. The third-order valence-electron chi connectivity index (χ3n) is 2.01. The molecule has 0 aliphatic carbocycles. The van der Waals surface area contributed by atoms with Crippen LogP contribution in [0.15, 0.2) is 11.2 Å². The van der Waals surface area contributed by atoms with E-state index in [0.29, 0.717) is 12.2 Å². The Labute approximate surface area is 93.0 Å². The zero-order valence-corrected chi connectivity index (χ0v) is 9.57. The van der Waals surface area contributed by atoms with Crippen molar-refractivity contribution in [3.8, 4) is 0 Å². The monoisotopic (exact) mass is 247 g/mol. The number of carbonyl (C=O) groups is 1. The van der Waals surface area contributed by atoms with Crippen molar-refractivity contribution in [2.24, 2.45) is 5.14 Å². The lowest BCUT2D eigenvalue weighted by Gasteiger charge is -2.02. The van der Waals surface area contributed by atoms with Gasteiger partial charge < -0.3 is 9.67 Å². The molecule has 0 saturated heterocycles. The summed E-state index contributed by atoms with van der Waals surface area (Å²) in [6, 6.07) is 0. The first-order valence-corrected chi connectivity index (χ1v) is 6.20. The predicted molar refractivity (Wildman–Crippen MR) is 55.2 cm³/mol. The highest BCUT2D eigenvalue weighted by molar-refractivity contribution is 7.89. The maximum Gasteiger partial charge on any atom is 0.305 e. The number of imidazole rings is 1. The molecule has 0 amide bonds. The number of hydrogen-bond donors (Lipinski definition) is 2. The molecule has 0 unspecified atom stereocenters. The summed E-state index contributed by atoms with van der Waals surface area (Å²) in [5.41, 5.74) is 0. The van der Waals surface area contributed by atoms with E-state index in [2.05, 4.69) is 4.98 Å². The number of carboxylic acid groups (broad SMARTS) is 1. The van der Waals surface area contributed by atoms with Crippen LogP contribution >= 0.6 is 0 Å². The van der Waals surface area contributed by atoms with Crippen LogP contribution in [-0.4, -0.2) is 29.0 Å². The third kappa shape index (κ3) is 3.04. The zero-order valence-electron chi connectivity index (χ0n) is 8.75. The topological polar surface area (TPSA) is 115 Å². The molecule has 0 fully saturated rings. The third-order valence-corrected chi connectivity index (χ3v) is 2.79. The van der Waals surface area contributed by atoms with Gasteiger partial charge in [-0.15, -0.1) is 0 Å². The van der Waals surface area contributed by atoms with E-state index in [9.17, 15) is 13.2 Å². The fourth-order valence-electron chi connectivity index (χ4n) is 1.26. The average Bonchev–Trinajstić information content (AvgIpc) is 2.56. The van der Waals surface area contributed by atoms with Gasteiger partial charge in [-0.25, -0.2) is 18.5 Å². The van der Waals surface area contributed by atoms with Gasteiger partial charge in [-0.3, -0.25) is 4.79 Å². The minimum Gasteiger partial charge on any atom is -0.481 e. The lowest BCUT2D eigenvalue weighted by atomic mass is 10.4. The van der Waals surface area contributed by atoms with Gasteiger partial charge >= 0.3 is 5.97 Å². The van der Waals surface area contributed by atoms with Gasteiger partial charge in [0.2, 0.25) is 0 Å². The molecule has 8 heteroatoms. The molecule has 1 heterocycles. The Balaban J connectivity index is 3.00. The first kappa shape index (κ1) is 12.7. The standard InChI is InChI=1S/C8H13N3O4S/c1-2-6-10-7(16(9,14)15)5-11(6)4-3-8(12)13/h5H,2-4H2,1H3,(H,12,13)(H2,9,14,15). The van der Waals surface area contributed by atoms with Crippen LogP contribution in [0.25, 0.3) is 0 Å². The molecular formula is C8H13N3O4S. The summed E-state index contributed by atoms with van der Waals surface area (Å²) in [5, 5.41) is 13.2. The number of aromatic nitrogens is 2. The van der Waals surface area contributed by atoms with E-state index in [1.54, 1.807) is 6.92 Å². The Hall–Kier alpha value is -1.41. The van der Waals surface area contributed by atoms with E-state index in [-0.39, 0.29) is 18.0 Å². The van der Waals surface area contributed by atoms with E-state index >= 15 is 0 Å². The SMILES string of the molecule is CCc1nc(S(N)(=O)=O)cn1CCC(=O)O. The van der Waals surface area contributed by atoms with Crippen LogP contribution < -0.4 is 5.14 Å². The molecule has 16 heavy (non-hydrogen) atoms. The molecule has 7 nitrogen and oxygen atoms in total. The molecule has 1 aromatic heterocycles. The average molecular weight is 247 g/mol. The van der Waals surface area contributed by atoms with E-state index in [4.69, 9.17) is 10.2 Å². The van der Waals surface area contributed by atoms with Crippen molar-refractivity contribution in [2.75, 3.05) is 0 Å². The lowest BCUT2D eigenvalue weighted by Crippen LogP contribution is -2.12. The summed E-state index contributed by atoms with van der Waals surface area (Å²) < 4.78 is 23.6. The molecule has 3 N–H and O–H groups in total. The van der Waals surface area contributed by atoms with Crippen LogP contribution in [0.2, 0.25) is 0 Å². The normalized spacial score (nSPS) is 11.6. The van der Waals surface area contributed by atoms with Gasteiger partial charge in [0.15, 0.2) is 5.03 Å². The summed E-state index contributed by atoms with van der Waals surface area (Å²) in [6.45, 7) is 1.98. The zero-order chi connectivity index (χ0) is 12.3. The Bertz CT molecular complexity index is 491. The van der Waals surface area contributed by atoms with E-state index in [1.165, 1.54) is 10.8 Å². The molecular weight excluding hydrogens is 234 g/mol. The Kier molecular flexibility index (Phi) is 3.66. The number of aryl methyl sites for hydroxylation is 2. The molecule has 0 saturated carbocycles. The van der Waals surface area contributed by atoms with Gasteiger partial charge in [0.05, 0.1) is 6.42 Å². The molecule has 90 valence electrons. The number of hydrogen-bond acceptors (Lipinski definition) is 4. The fourth-order valence-corrected chi connectivity index (χ4v) is 1.76. The maximum absolute atomic E-state index is 11.0. The van der Waals surface area contributed by atoms with Gasteiger partial charge in [-0.2, -0.15) is 0 Å². The summed E-state index contributed by atoms with van der Waals surface area (Å²) in [4.78, 5) is 14.2. The highest BCUT2D eigenvalue weighted by Gasteiger charge is 2.15. The van der Waals surface area contributed by atoms with Gasteiger partial charge in [0, 0.05) is 19.2 Å². The molecule has 0 atom stereocenters. The molecule has 0 radical (unpaired) electrons. The van der Waals surface area contributed by atoms with Crippen molar-refractivity contribution < 1.29 is 18.3 Å². The maximum atomic E-state index is 11.0. The van der Waals surface area contributed by atoms with Crippen LogP contribution in [0.1, 0.15) is 19.2 Å². The fraction of sp³-hybridized carbons (Fsp3) is 0.500. The number of aliphatic carboxylic acids is 1. The second kappa shape index (κ2) is 4.62. The van der Waals surface area contributed by atoms with Crippen molar-refractivity contribution in [1.29, 1.82) is 0 Å². The summed E-state index contributed by atoms with van der Waals surface area (Å²) in [7, 11) is -3.83. The lowest BCUT2D eigenvalue weighted by molar-refractivity contribution is -0.137. The van der Waals surface area contributed by atoms with Crippen molar-refractivity contribution in [1.82, 2.24) is 9.55 Å². The second-order valence-electron chi connectivity index (χ2n) is 3.23. The van der Waals surface area contributed by atoms with Gasteiger partial charge in [0.1, 0.15) is 5.82 Å². The Morgan fingerprint density at radius 1 is 1.62 bits per heavy atom. The largest absolute Gasteiger partial charge is 0.481 e. The van der Waals surface area contributed by atoms with Gasteiger partial charge in [-0.1, -0.05) is 6.92 Å². The first-order valence-electron chi connectivity index (χ1n) is 4.65. The van der Waals surface area contributed by atoms with Crippen LogP contribution in [0.5, 0.6) is 0 Å². The molecule has 1 rings (SSSR count). The highest BCUT2D eigenvalue weighted by Crippen LogP contribution is 2.09. The quantitative estimate of drug-likeness (QED) is 0.732. The van der Waals surface area contributed by atoms with Crippen molar-refractivity contribution in [2.45, 2.75) is 31.3 Å². The minimum absolute atomic E-state index is 0.0899. The predicted octanol–water partition coefficient (Wildman–Crippen LogP) is -0.432. The van der Waals surface area contributed by atoms with E-state index in [1.807, 2.05) is 0 Å². The number of rotatable bonds is 5. The smallest absolute Gasteiger partial charge is 0.305 e. The van der Waals surface area contributed by atoms with Gasteiger partial charge in [-0.05, 0) is 0 Å². The molecule has 0 spiro atoms. The second-order valence-corrected chi connectivity index (χ2v) is 4.74. The van der Waals surface area contributed by atoms with Crippen molar-refractivity contribution in [3.05, 3.63) is 12.0 Å². The number of nitrogens with zero attached hydrogens (tertiary/aromatic N) is 2.